The molecule has 2 N–H and O–H groups in total. The second kappa shape index (κ2) is 7.70. The van der Waals surface area contributed by atoms with Crippen LogP contribution in [0.1, 0.15) is 29.0 Å². The first-order valence-corrected chi connectivity index (χ1v) is 8.68. The van der Waals surface area contributed by atoms with Gasteiger partial charge >= 0.3 is 0 Å². The number of nitrogens with zero attached hydrogens (tertiary/aromatic N) is 2. The third kappa shape index (κ3) is 4.20. The summed E-state index contributed by atoms with van der Waals surface area (Å²) in [6.07, 6.45) is 1.43. The molecule has 1 amide bonds. The van der Waals surface area contributed by atoms with Crippen molar-refractivity contribution in [2.24, 2.45) is 11.7 Å². The number of nitrogens with two attached hydrogens (primary N) is 1. The summed E-state index contributed by atoms with van der Waals surface area (Å²) in [6, 6.07) is 7.68. The van der Waals surface area contributed by atoms with Crippen LogP contribution in [0.5, 0.6) is 5.75 Å². The van der Waals surface area contributed by atoms with E-state index < -0.39 is 0 Å². The largest absolute Gasteiger partial charge is 0.489 e. The lowest BCUT2D eigenvalue weighted by Crippen LogP contribution is -2.31. The fraction of sp³-hybridized carbons (Fsp3) is 0.474. The lowest BCUT2D eigenvalue weighted by molar-refractivity contribution is -0.129. The van der Waals surface area contributed by atoms with E-state index in [9.17, 15) is 4.79 Å². The molecule has 0 bridgehead atoms. The normalized spacial score (nSPS) is 17.1. The first kappa shape index (κ1) is 17.5. The number of hydrogen-bond donors (Lipinski definition) is 1. The van der Waals surface area contributed by atoms with E-state index in [0.29, 0.717) is 25.5 Å². The SMILES string of the molecule is Cc1noc(C)c1COc1ccc(CC(=O)N2CCC(CN)C2)cc1. The van der Waals surface area contributed by atoms with Crippen LogP contribution in [0.3, 0.4) is 0 Å². The van der Waals surface area contributed by atoms with E-state index in [1.807, 2.05) is 43.0 Å². The van der Waals surface area contributed by atoms with Gasteiger partial charge in [-0.25, -0.2) is 0 Å². The van der Waals surface area contributed by atoms with Gasteiger partial charge in [0.1, 0.15) is 18.1 Å². The average Bonchev–Trinajstić information content (AvgIpc) is 3.22. The lowest BCUT2D eigenvalue weighted by Gasteiger charge is -2.16. The van der Waals surface area contributed by atoms with Crippen molar-refractivity contribution in [1.29, 1.82) is 0 Å². The fourth-order valence-electron chi connectivity index (χ4n) is 3.10. The predicted molar refractivity (Wildman–Crippen MR) is 94.2 cm³/mol. The molecule has 1 saturated heterocycles. The molecular formula is C19H25N3O3. The summed E-state index contributed by atoms with van der Waals surface area (Å²) in [4.78, 5) is 14.3. The van der Waals surface area contributed by atoms with Gasteiger partial charge in [-0.1, -0.05) is 17.3 Å². The summed E-state index contributed by atoms with van der Waals surface area (Å²) in [5.74, 6) is 2.16. The highest BCUT2D eigenvalue weighted by molar-refractivity contribution is 5.79. The van der Waals surface area contributed by atoms with Gasteiger partial charge in [0.2, 0.25) is 5.91 Å². The van der Waals surface area contributed by atoms with Crippen LogP contribution in [-0.2, 0) is 17.8 Å². The minimum absolute atomic E-state index is 0.167. The lowest BCUT2D eigenvalue weighted by atomic mass is 10.1. The Balaban J connectivity index is 1.53. The second-order valence-corrected chi connectivity index (χ2v) is 6.64. The maximum atomic E-state index is 12.4. The van der Waals surface area contributed by atoms with E-state index >= 15 is 0 Å². The van der Waals surface area contributed by atoms with Gasteiger partial charge in [-0.15, -0.1) is 0 Å². The molecule has 0 saturated carbocycles. The van der Waals surface area contributed by atoms with Gasteiger partial charge in [0, 0.05) is 13.1 Å². The molecule has 6 nitrogen and oxygen atoms in total. The van der Waals surface area contributed by atoms with Crippen LogP contribution in [-0.4, -0.2) is 35.6 Å². The van der Waals surface area contributed by atoms with E-state index in [2.05, 4.69) is 5.16 Å². The van der Waals surface area contributed by atoms with Crippen LogP contribution in [0.25, 0.3) is 0 Å². The maximum absolute atomic E-state index is 12.4. The zero-order valence-corrected chi connectivity index (χ0v) is 14.8. The van der Waals surface area contributed by atoms with Crippen LogP contribution < -0.4 is 10.5 Å². The Bertz CT molecular complexity index is 705. The summed E-state index contributed by atoms with van der Waals surface area (Å²) in [6.45, 7) is 6.46. The van der Waals surface area contributed by atoms with Gasteiger partial charge in [0.05, 0.1) is 17.7 Å². The first-order valence-electron chi connectivity index (χ1n) is 8.68. The highest BCUT2D eigenvalue weighted by Crippen LogP contribution is 2.20. The zero-order valence-electron chi connectivity index (χ0n) is 14.8. The van der Waals surface area contributed by atoms with Crippen LogP contribution in [0.2, 0.25) is 0 Å². The molecule has 2 aromatic rings. The molecule has 1 atom stereocenters. The molecule has 0 spiro atoms. The number of rotatable bonds is 6. The summed E-state index contributed by atoms with van der Waals surface area (Å²) in [7, 11) is 0. The smallest absolute Gasteiger partial charge is 0.226 e. The van der Waals surface area contributed by atoms with Crippen molar-refractivity contribution in [1.82, 2.24) is 10.1 Å². The number of hydrogen-bond acceptors (Lipinski definition) is 5. The molecule has 0 radical (unpaired) electrons. The van der Waals surface area contributed by atoms with Crippen molar-refractivity contribution in [3.8, 4) is 5.75 Å². The third-order valence-electron chi connectivity index (χ3n) is 4.81. The Morgan fingerprint density at radius 3 is 2.72 bits per heavy atom. The monoisotopic (exact) mass is 343 g/mol. The second-order valence-electron chi connectivity index (χ2n) is 6.64. The van der Waals surface area contributed by atoms with E-state index in [-0.39, 0.29) is 5.91 Å². The molecule has 1 aromatic heterocycles. The molecular weight excluding hydrogens is 318 g/mol. The van der Waals surface area contributed by atoms with Crippen LogP contribution in [0, 0.1) is 19.8 Å². The molecule has 1 aliphatic heterocycles. The van der Waals surface area contributed by atoms with Gasteiger partial charge in [-0.05, 0) is 50.4 Å². The summed E-state index contributed by atoms with van der Waals surface area (Å²) in [5.41, 5.74) is 8.50. The van der Waals surface area contributed by atoms with Gasteiger partial charge < -0.3 is 19.9 Å². The van der Waals surface area contributed by atoms with E-state index in [4.69, 9.17) is 15.0 Å². The fourth-order valence-corrected chi connectivity index (χ4v) is 3.10. The summed E-state index contributed by atoms with van der Waals surface area (Å²) in [5, 5.41) is 3.92. The average molecular weight is 343 g/mol. The van der Waals surface area contributed by atoms with E-state index in [0.717, 1.165) is 47.8 Å². The van der Waals surface area contributed by atoms with Crippen molar-refractivity contribution in [2.45, 2.75) is 33.3 Å². The number of amides is 1. The molecule has 1 fully saturated rings. The van der Waals surface area contributed by atoms with Gasteiger partial charge in [-0.3, -0.25) is 4.79 Å². The highest BCUT2D eigenvalue weighted by Gasteiger charge is 2.25. The van der Waals surface area contributed by atoms with E-state index in [1.54, 1.807) is 0 Å². The number of aryl methyl sites for hydroxylation is 2. The number of carbonyl (C=O) groups excluding carboxylic acids is 1. The number of ether oxygens (including phenoxy) is 1. The standard InChI is InChI=1S/C19H25N3O3/c1-13-18(14(2)25-21-13)12-24-17-5-3-15(4-6-17)9-19(23)22-8-7-16(10-20)11-22/h3-6,16H,7-12,20H2,1-2H3. The molecule has 1 aliphatic rings. The van der Waals surface area contributed by atoms with Crippen molar-refractivity contribution in [3.63, 3.8) is 0 Å². The number of benzene rings is 1. The molecule has 0 aliphatic carbocycles. The minimum atomic E-state index is 0.167. The highest BCUT2D eigenvalue weighted by atomic mass is 16.5. The van der Waals surface area contributed by atoms with Crippen LogP contribution in [0.4, 0.5) is 0 Å². The molecule has 134 valence electrons. The van der Waals surface area contributed by atoms with Gasteiger partial charge in [0.25, 0.3) is 0 Å². The Morgan fingerprint density at radius 1 is 1.36 bits per heavy atom. The predicted octanol–water partition coefficient (Wildman–Crippen LogP) is 2.22. The Kier molecular flexibility index (Phi) is 5.38. The Labute approximate surface area is 147 Å². The molecule has 1 aromatic carbocycles. The first-order chi connectivity index (χ1) is 12.1. The Hall–Kier alpha value is -2.34. The van der Waals surface area contributed by atoms with Gasteiger partial charge in [-0.2, -0.15) is 0 Å². The quantitative estimate of drug-likeness (QED) is 0.870. The number of carbonyl (C=O) groups is 1. The van der Waals surface area contributed by atoms with Crippen molar-refractivity contribution in [3.05, 3.63) is 46.8 Å². The summed E-state index contributed by atoms with van der Waals surface area (Å²) < 4.78 is 10.9. The number of aromatic nitrogens is 1. The molecule has 3 rings (SSSR count). The zero-order chi connectivity index (χ0) is 17.8. The minimum Gasteiger partial charge on any atom is -0.489 e. The molecule has 2 heterocycles. The number of likely N-dealkylation sites (tertiary alicyclic amines) is 1. The van der Waals surface area contributed by atoms with E-state index in [1.165, 1.54) is 0 Å². The molecule has 6 heteroatoms. The maximum Gasteiger partial charge on any atom is 0.226 e. The van der Waals surface area contributed by atoms with Crippen molar-refractivity contribution >= 4 is 5.91 Å². The van der Waals surface area contributed by atoms with Crippen molar-refractivity contribution < 1.29 is 14.1 Å². The van der Waals surface area contributed by atoms with Crippen molar-refractivity contribution in [2.75, 3.05) is 19.6 Å². The van der Waals surface area contributed by atoms with Crippen LogP contribution >= 0.6 is 0 Å². The topological polar surface area (TPSA) is 81.6 Å². The third-order valence-corrected chi connectivity index (χ3v) is 4.81. The van der Waals surface area contributed by atoms with Crippen LogP contribution in [0.15, 0.2) is 28.8 Å². The van der Waals surface area contributed by atoms with Gasteiger partial charge in [0.15, 0.2) is 0 Å². The Morgan fingerprint density at radius 2 is 2.12 bits per heavy atom. The molecule has 25 heavy (non-hydrogen) atoms. The molecule has 1 unspecified atom stereocenters. The summed E-state index contributed by atoms with van der Waals surface area (Å²) >= 11 is 0.